The van der Waals surface area contributed by atoms with Crippen LogP contribution in [0.4, 0.5) is 4.79 Å². The molecule has 1 aromatic carbocycles. The molecule has 20 heavy (non-hydrogen) atoms. The molecular weight excluding hydrogens is 320 g/mol. The highest BCUT2D eigenvalue weighted by molar-refractivity contribution is 9.10. The average molecular weight is 341 g/mol. The van der Waals surface area contributed by atoms with Gasteiger partial charge in [0.25, 0.3) is 0 Å². The minimum absolute atomic E-state index is 0.0225. The lowest BCUT2D eigenvalue weighted by Gasteiger charge is -2.25. The maximum absolute atomic E-state index is 12.2. The molecule has 0 bridgehead atoms. The maximum atomic E-state index is 12.2. The summed E-state index contributed by atoms with van der Waals surface area (Å²) in [6.45, 7) is 2.78. The number of hydrogen-bond acceptors (Lipinski definition) is 2. The van der Waals surface area contributed by atoms with Crippen molar-refractivity contribution in [1.82, 2.24) is 10.2 Å². The van der Waals surface area contributed by atoms with Crippen LogP contribution in [-0.2, 0) is 6.42 Å². The Kier molecular flexibility index (Phi) is 5.43. The summed E-state index contributed by atoms with van der Waals surface area (Å²) in [7, 11) is 0. The molecule has 0 spiro atoms. The van der Waals surface area contributed by atoms with Crippen molar-refractivity contribution in [2.24, 2.45) is 0 Å². The number of nitrogens with zero attached hydrogens (tertiary/aromatic N) is 1. The molecule has 2 atom stereocenters. The minimum atomic E-state index is -0.0684. The number of amides is 2. The maximum Gasteiger partial charge on any atom is 0.317 e. The lowest BCUT2D eigenvalue weighted by molar-refractivity contribution is 0.155. The highest BCUT2D eigenvalue weighted by atomic mass is 79.9. The summed E-state index contributed by atoms with van der Waals surface area (Å²) in [5.74, 6) is 0. The number of benzene rings is 1. The summed E-state index contributed by atoms with van der Waals surface area (Å²) < 4.78 is 1.07. The predicted octanol–water partition coefficient (Wildman–Crippen LogP) is 2.55. The fraction of sp³-hybridized carbons (Fsp3) is 0.533. The summed E-state index contributed by atoms with van der Waals surface area (Å²) >= 11 is 3.52. The second-order valence-corrected chi connectivity index (χ2v) is 6.17. The Hall–Kier alpha value is -1.07. The van der Waals surface area contributed by atoms with Crippen molar-refractivity contribution in [3.63, 3.8) is 0 Å². The number of nitrogens with one attached hydrogen (secondary N) is 1. The van der Waals surface area contributed by atoms with Gasteiger partial charge in [0, 0.05) is 17.1 Å². The van der Waals surface area contributed by atoms with Crippen molar-refractivity contribution in [1.29, 1.82) is 0 Å². The molecule has 0 aromatic heterocycles. The summed E-state index contributed by atoms with van der Waals surface area (Å²) in [5, 5.41) is 12.3. The smallest absolute Gasteiger partial charge is 0.317 e. The molecule has 1 fully saturated rings. The van der Waals surface area contributed by atoms with Crippen molar-refractivity contribution in [2.75, 3.05) is 13.2 Å². The number of hydrogen-bond donors (Lipinski definition) is 2. The van der Waals surface area contributed by atoms with Gasteiger partial charge in [-0.25, -0.2) is 4.79 Å². The summed E-state index contributed by atoms with van der Waals surface area (Å²) in [5.41, 5.74) is 1.18. The van der Waals surface area contributed by atoms with Crippen molar-refractivity contribution < 1.29 is 9.90 Å². The zero-order chi connectivity index (χ0) is 14.5. The zero-order valence-electron chi connectivity index (χ0n) is 11.7. The molecule has 1 aliphatic heterocycles. The molecule has 0 saturated carbocycles. The Labute approximate surface area is 128 Å². The molecular formula is C15H21BrN2O2. The van der Waals surface area contributed by atoms with Crippen molar-refractivity contribution in [3.8, 4) is 0 Å². The Morgan fingerprint density at radius 3 is 3.00 bits per heavy atom. The van der Waals surface area contributed by atoms with Gasteiger partial charge in [-0.05, 0) is 37.8 Å². The van der Waals surface area contributed by atoms with Crippen LogP contribution in [0, 0.1) is 0 Å². The van der Waals surface area contributed by atoms with Crippen LogP contribution >= 0.6 is 15.9 Å². The van der Waals surface area contributed by atoms with Crippen LogP contribution < -0.4 is 5.32 Å². The quantitative estimate of drug-likeness (QED) is 0.884. The largest absolute Gasteiger partial charge is 0.394 e. The van der Waals surface area contributed by atoms with Crippen LogP contribution in [0.2, 0.25) is 0 Å². The molecule has 4 nitrogen and oxygen atoms in total. The number of carbonyl (C=O) groups is 1. The first kappa shape index (κ1) is 15.3. The SMILES string of the molecule is CC(Cc1ccccc1Br)NC(=O)N1CCC[C@@H]1CO. The number of urea groups is 1. The summed E-state index contributed by atoms with van der Waals surface area (Å²) in [6.07, 6.45) is 2.64. The van der Waals surface area contributed by atoms with E-state index in [9.17, 15) is 9.90 Å². The molecule has 0 aliphatic carbocycles. The standard InChI is InChI=1S/C15H21BrN2O2/c1-11(9-12-5-2-3-7-14(12)16)17-15(20)18-8-4-6-13(18)10-19/h2-3,5,7,11,13,19H,4,6,8-10H2,1H3,(H,17,20)/t11?,13-/m1/s1. The normalized spacial score (nSPS) is 19.9. The molecule has 0 radical (unpaired) electrons. The van der Waals surface area contributed by atoms with Crippen LogP contribution in [0.5, 0.6) is 0 Å². The minimum Gasteiger partial charge on any atom is -0.394 e. The van der Waals surface area contributed by atoms with Gasteiger partial charge < -0.3 is 15.3 Å². The number of likely N-dealkylation sites (tertiary alicyclic amines) is 1. The molecule has 1 unspecified atom stereocenters. The van der Waals surface area contributed by atoms with E-state index in [1.807, 2.05) is 25.1 Å². The molecule has 1 heterocycles. The van der Waals surface area contributed by atoms with E-state index < -0.39 is 0 Å². The van der Waals surface area contributed by atoms with Gasteiger partial charge in [-0.15, -0.1) is 0 Å². The number of rotatable bonds is 4. The van der Waals surface area contributed by atoms with Crippen LogP contribution in [0.15, 0.2) is 28.7 Å². The lowest BCUT2D eigenvalue weighted by atomic mass is 10.1. The topological polar surface area (TPSA) is 52.6 Å². The Morgan fingerprint density at radius 1 is 1.55 bits per heavy atom. The van der Waals surface area contributed by atoms with Crippen LogP contribution in [0.1, 0.15) is 25.3 Å². The molecule has 2 amide bonds. The van der Waals surface area contributed by atoms with Crippen molar-refractivity contribution in [3.05, 3.63) is 34.3 Å². The van der Waals surface area contributed by atoms with E-state index in [1.54, 1.807) is 4.90 Å². The molecule has 110 valence electrons. The van der Waals surface area contributed by atoms with Gasteiger partial charge in [-0.3, -0.25) is 0 Å². The predicted molar refractivity (Wildman–Crippen MR) is 82.7 cm³/mol. The number of halogens is 1. The zero-order valence-corrected chi connectivity index (χ0v) is 13.3. The first-order valence-electron chi connectivity index (χ1n) is 7.03. The van der Waals surface area contributed by atoms with Crippen molar-refractivity contribution >= 4 is 22.0 Å². The third-order valence-corrected chi connectivity index (χ3v) is 4.48. The Bertz CT molecular complexity index is 467. The summed E-state index contributed by atoms with van der Waals surface area (Å²) in [6, 6.07) is 8.00. The Balaban J connectivity index is 1.89. The summed E-state index contributed by atoms with van der Waals surface area (Å²) in [4.78, 5) is 13.9. The van der Waals surface area contributed by atoms with E-state index in [-0.39, 0.29) is 24.7 Å². The third-order valence-electron chi connectivity index (χ3n) is 3.70. The fourth-order valence-electron chi connectivity index (χ4n) is 2.63. The van der Waals surface area contributed by atoms with Crippen molar-refractivity contribution in [2.45, 2.75) is 38.3 Å². The van der Waals surface area contributed by atoms with E-state index in [0.29, 0.717) is 0 Å². The van der Waals surface area contributed by atoms with Crippen LogP contribution in [0.3, 0.4) is 0 Å². The number of carbonyl (C=O) groups excluding carboxylic acids is 1. The van der Waals surface area contributed by atoms with Crippen LogP contribution in [0.25, 0.3) is 0 Å². The highest BCUT2D eigenvalue weighted by Gasteiger charge is 2.28. The second-order valence-electron chi connectivity index (χ2n) is 5.32. The van der Waals surface area contributed by atoms with Gasteiger partial charge in [0.05, 0.1) is 12.6 Å². The van der Waals surface area contributed by atoms with Gasteiger partial charge >= 0.3 is 6.03 Å². The fourth-order valence-corrected chi connectivity index (χ4v) is 3.08. The van der Waals surface area contributed by atoms with Gasteiger partial charge in [0.15, 0.2) is 0 Å². The highest BCUT2D eigenvalue weighted by Crippen LogP contribution is 2.19. The van der Waals surface area contributed by atoms with Crippen LogP contribution in [-0.4, -0.2) is 41.3 Å². The molecule has 2 N–H and O–H groups in total. The average Bonchev–Trinajstić information content (AvgIpc) is 2.89. The van der Waals surface area contributed by atoms with E-state index >= 15 is 0 Å². The number of aliphatic hydroxyl groups is 1. The van der Waals surface area contributed by atoms with E-state index in [4.69, 9.17) is 0 Å². The molecule has 1 saturated heterocycles. The lowest BCUT2D eigenvalue weighted by Crippen LogP contribution is -2.47. The van der Waals surface area contributed by atoms with E-state index in [2.05, 4.69) is 27.3 Å². The third kappa shape index (κ3) is 3.73. The van der Waals surface area contributed by atoms with E-state index in [1.165, 1.54) is 5.56 Å². The van der Waals surface area contributed by atoms with E-state index in [0.717, 1.165) is 30.3 Å². The first-order chi connectivity index (χ1) is 9.61. The monoisotopic (exact) mass is 340 g/mol. The van der Waals surface area contributed by atoms with Gasteiger partial charge in [0.1, 0.15) is 0 Å². The molecule has 2 rings (SSSR count). The van der Waals surface area contributed by atoms with Gasteiger partial charge in [0.2, 0.25) is 0 Å². The van der Waals surface area contributed by atoms with Gasteiger partial charge in [-0.2, -0.15) is 0 Å². The molecule has 1 aliphatic rings. The molecule has 5 heteroatoms. The first-order valence-corrected chi connectivity index (χ1v) is 7.82. The number of aliphatic hydroxyl groups excluding tert-OH is 1. The molecule has 1 aromatic rings. The second kappa shape index (κ2) is 7.09. The Morgan fingerprint density at radius 2 is 2.30 bits per heavy atom. The van der Waals surface area contributed by atoms with Gasteiger partial charge in [-0.1, -0.05) is 34.1 Å².